The second-order valence-corrected chi connectivity index (χ2v) is 5.08. The van der Waals surface area contributed by atoms with Crippen molar-refractivity contribution in [3.8, 4) is 0 Å². The summed E-state index contributed by atoms with van der Waals surface area (Å²) in [4.78, 5) is 29.1. The van der Waals surface area contributed by atoms with Crippen LogP contribution in [-0.4, -0.2) is 52.7 Å². The molecule has 2 heterocycles. The average Bonchev–Trinajstić information content (AvgIpc) is 2.96. The number of aryl methyl sites for hydroxylation is 1. The van der Waals surface area contributed by atoms with Gasteiger partial charge in [-0.05, 0) is 31.0 Å². The molecular weight excluding hydrogens is 272 g/mol. The van der Waals surface area contributed by atoms with E-state index in [0.29, 0.717) is 26.0 Å². The van der Waals surface area contributed by atoms with E-state index in [2.05, 4.69) is 4.98 Å². The fourth-order valence-corrected chi connectivity index (χ4v) is 2.63. The minimum Gasteiger partial charge on any atom is -0.481 e. The standard InChI is InChI=1S/C15H20N2O4/c1-2-17(13-10-21-9-12(13)15(19)20)14(18)4-3-11-5-7-16-8-6-11/h5-8,12-13H,2-4,9-10H2,1H3,(H,19,20). The monoisotopic (exact) mass is 292 g/mol. The van der Waals surface area contributed by atoms with Gasteiger partial charge in [-0.3, -0.25) is 14.6 Å². The lowest BCUT2D eigenvalue weighted by molar-refractivity contribution is -0.145. The molecule has 6 nitrogen and oxygen atoms in total. The first kappa shape index (κ1) is 15.4. The van der Waals surface area contributed by atoms with E-state index in [9.17, 15) is 14.7 Å². The van der Waals surface area contributed by atoms with Gasteiger partial charge in [0.05, 0.1) is 19.3 Å². The van der Waals surface area contributed by atoms with Crippen LogP contribution in [0.1, 0.15) is 18.9 Å². The Bertz CT molecular complexity index is 492. The van der Waals surface area contributed by atoms with Crippen molar-refractivity contribution < 1.29 is 19.4 Å². The van der Waals surface area contributed by atoms with Crippen molar-refractivity contribution in [2.45, 2.75) is 25.8 Å². The van der Waals surface area contributed by atoms with Crippen molar-refractivity contribution in [1.82, 2.24) is 9.88 Å². The highest BCUT2D eigenvalue weighted by molar-refractivity contribution is 5.78. The van der Waals surface area contributed by atoms with Crippen LogP contribution in [0.3, 0.4) is 0 Å². The average molecular weight is 292 g/mol. The molecule has 0 aliphatic carbocycles. The molecule has 1 aliphatic rings. The molecule has 114 valence electrons. The minimum absolute atomic E-state index is 0.0314. The van der Waals surface area contributed by atoms with E-state index in [1.165, 1.54) is 0 Å². The molecule has 2 rings (SSSR count). The largest absolute Gasteiger partial charge is 0.481 e. The summed E-state index contributed by atoms with van der Waals surface area (Å²) >= 11 is 0. The molecule has 1 aliphatic heterocycles. The number of aromatic nitrogens is 1. The Morgan fingerprint density at radius 3 is 2.71 bits per heavy atom. The number of carboxylic acid groups (broad SMARTS) is 1. The maximum absolute atomic E-state index is 12.4. The van der Waals surface area contributed by atoms with Gasteiger partial charge in [-0.1, -0.05) is 0 Å². The predicted molar refractivity (Wildman–Crippen MR) is 75.7 cm³/mol. The third-order valence-corrected chi connectivity index (χ3v) is 3.81. The highest BCUT2D eigenvalue weighted by Crippen LogP contribution is 2.21. The summed E-state index contributed by atoms with van der Waals surface area (Å²) in [5.74, 6) is -1.57. The summed E-state index contributed by atoms with van der Waals surface area (Å²) in [6.07, 6.45) is 4.38. The number of amides is 1. The Kier molecular flexibility index (Phi) is 5.27. The molecule has 1 N–H and O–H groups in total. The summed E-state index contributed by atoms with van der Waals surface area (Å²) in [5, 5.41) is 9.19. The Labute approximate surface area is 123 Å². The fourth-order valence-electron chi connectivity index (χ4n) is 2.63. The first-order valence-corrected chi connectivity index (χ1v) is 7.12. The number of carboxylic acids is 1. The second-order valence-electron chi connectivity index (χ2n) is 5.08. The first-order chi connectivity index (χ1) is 10.1. The molecule has 2 atom stereocenters. The molecule has 2 unspecified atom stereocenters. The Morgan fingerprint density at radius 1 is 1.38 bits per heavy atom. The number of hydrogen-bond acceptors (Lipinski definition) is 4. The zero-order chi connectivity index (χ0) is 15.2. The van der Waals surface area contributed by atoms with Crippen molar-refractivity contribution in [3.63, 3.8) is 0 Å². The Hall–Kier alpha value is -1.95. The van der Waals surface area contributed by atoms with Gasteiger partial charge >= 0.3 is 5.97 Å². The number of nitrogens with zero attached hydrogens (tertiary/aromatic N) is 2. The minimum atomic E-state index is -0.905. The van der Waals surface area contributed by atoms with Crippen molar-refractivity contribution in [2.24, 2.45) is 5.92 Å². The number of hydrogen-bond donors (Lipinski definition) is 1. The van der Waals surface area contributed by atoms with E-state index >= 15 is 0 Å². The molecule has 6 heteroatoms. The number of carbonyl (C=O) groups excluding carboxylic acids is 1. The normalized spacial score (nSPS) is 21.2. The predicted octanol–water partition coefficient (Wildman–Crippen LogP) is 0.962. The van der Waals surface area contributed by atoms with Crippen LogP contribution < -0.4 is 0 Å². The zero-order valence-electron chi connectivity index (χ0n) is 12.1. The molecule has 0 radical (unpaired) electrons. The number of pyridine rings is 1. The molecular formula is C15H20N2O4. The number of aliphatic carboxylic acids is 1. The van der Waals surface area contributed by atoms with Crippen LogP contribution in [0, 0.1) is 5.92 Å². The molecule has 0 bridgehead atoms. The Balaban J connectivity index is 1.97. The van der Waals surface area contributed by atoms with Crippen LogP contribution in [0.25, 0.3) is 0 Å². The van der Waals surface area contributed by atoms with E-state index in [0.717, 1.165) is 5.56 Å². The molecule has 0 spiro atoms. The van der Waals surface area contributed by atoms with Gasteiger partial charge in [0.2, 0.25) is 5.91 Å². The highest BCUT2D eigenvalue weighted by Gasteiger charge is 2.39. The van der Waals surface area contributed by atoms with Gasteiger partial charge in [0, 0.05) is 25.4 Å². The van der Waals surface area contributed by atoms with Crippen LogP contribution in [0.15, 0.2) is 24.5 Å². The molecule has 1 aromatic rings. The number of rotatable bonds is 6. The smallest absolute Gasteiger partial charge is 0.311 e. The number of ether oxygens (including phenoxy) is 1. The SMILES string of the molecule is CCN(C(=O)CCc1ccncc1)C1COCC1C(=O)O. The van der Waals surface area contributed by atoms with Crippen LogP contribution in [0.4, 0.5) is 0 Å². The zero-order valence-corrected chi connectivity index (χ0v) is 12.1. The van der Waals surface area contributed by atoms with Gasteiger partial charge in [-0.2, -0.15) is 0 Å². The van der Waals surface area contributed by atoms with E-state index < -0.39 is 11.9 Å². The van der Waals surface area contributed by atoms with Gasteiger partial charge in [0.25, 0.3) is 0 Å². The summed E-state index contributed by atoms with van der Waals surface area (Å²) < 4.78 is 5.24. The second kappa shape index (κ2) is 7.17. The quantitative estimate of drug-likeness (QED) is 0.845. The lowest BCUT2D eigenvalue weighted by Gasteiger charge is -2.29. The number of carbonyl (C=O) groups is 2. The number of likely N-dealkylation sites (N-methyl/N-ethyl adjacent to an activating group) is 1. The molecule has 0 aromatic carbocycles. The maximum Gasteiger partial charge on any atom is 0.311 e. The lowest BCUT2D eigenvalue weighted by atomic mass is 10.0. The van der Waals surface area contributed by atoms with Gasteiger partial charge < -0.3 is 14.7 Å². The summed E-state index contributed by atoms with van der Waals surface area (Å²) in [5.41, 5.74) is 1.05. The van der Waals surface area contributed by atoms with Gasteiger partial charge in [0.15, 0.2) is 0 Å². The fraction of sp³-hybridized carbons (Fsp3) is 0.533. The van der Waals surface area contributed by atoms with E-state index in [4.69, 9.17) is 4.74 Å². The molecule has 1 saturated heterocycles. The summed E-state index contributed by atoms with van der Waals surface area (Å²) in [6, 6.07) is 3.39. The van der Waals surface area contributed by atoms with Gasteiger partial charge in [0.1, 0.15) is 5.92 Å². The van der Waals surface area contributed by atoms with Crippen molar-refractivity contribution in [2.75, 3.05) is 19.8 Å². The van der Waals surface area contributed by atoms with E-state index in [1.54, 1.807) is 17.3 Å². The molecule has 0 saturated carbocycles. The van der Waals surface area contributed by atoms with Crippen molar-refractivity contribution in [1.29, 1.82) is 0 Å². The van der Waals surface area contributed by atoms with Gasteiger partial charge in [-0.25, -0.2) is 0 Å². The van der Waals surface area contributed by atoms with Crippen LogP contribution >= 0.6 is 0 Å². The molecule has 1 fully saturated rings. The summed E-state index contributed by atoms with van der Waals surface area (Å²) in [6.45, 7) is 2.83. The maximum atomic E-state index is 12.4. The molecule has 1 amide bonds. The first-order valence-electron chi connectivity index (χ1n) is 7.12. The third kappa shape index (κ3) is 3.78. The van der Waals surface area contributed by atoms with Crippen LogP contribution in [0.5, 0.6) is 0 Å². The van der Waals surface area contributed by atoms with Crippen molar-refractivity contribution in [3.05, 3.63) is 30.1 Å². The third-order valence-electron chi connectivity index (χ3n) is 3.81. The molecule has 21 heavy (non-hydrogen) atoms. The highest BCUT2D eigenvalue weighted by atomic mass is 16.5. The topological polar surface area (TPSA) is 79.7 Å². The van der Waals surface area contributed by atoms with Crippen LogP contribution in [-0.2, 0) is 20.7 Å². The summed E-state index contributed by atoms with van der Waals surface area (Å²) in [7, 11) is 0. The van der Waals surface area contributed by atoms with E-state index in [-0.39, 0.29) is 18.6 Å². The van der Waals surface area contributed by atoms with Crippen molar-refractivity contribution >= 4 is 11.9 Å². The lowest BCUT2D eigenvalue weighted by Crippen LogP contribution is -2.46. The molecule has 1 aromatic heterocycles. The van der Waals surface area contributed by atoms with Crippen LogP contribution in [0.2, 0.25) is 0 Å². The Morgan fingerprint density at radius 2 is 2.10 bits per heavy atom. The van der Waals surface area contributed by atoms with Gasteiger partial charge in [-0.15, -0.1) is 0 Å². The van der Waals surface area contributed by atoms with E-state index in [1.807, 2.05) is 19.1 Å².